The van der Waals surface area contributed by atoms with Gasteiger partial charge in [-0.25, -0.2) is 9.13 Å². The molecule has 3 N–H and O–H groups in total. The molecule has 0 saturated heterocycles. The largest absolute Gasteiger partial charge is 0.472 e. The minimum Gasteiger partial charge on any atom is -0.462 e. The highest BCUT2D eigenvalue weighted by Crippen LogP contribution is 2.45. The number of aliphatic hydroxyl groups excluding tert-OH is 1. The fourth-order valence-electron chi connectivity index (χ4n) is 9.75. The quantitative estimate of drug-likeness (QED) is 0.0222. The Bertz CT molecular complexity index is 1700. The number of rotatable bonds is 63. The van der Waals surface area contributed by atoms with Gasteiger partial charge in [-0.3, -0.25) is 37.3 Å². The predicted molar refractivity (Wildman–Crippen MR) is 340 cm³/mol. The lowest BCUT2D eigenvalue weighted by molar-refractivity contribution is -0.161. The first-order valence-electron chi connectivity index (χ1n) is 34.2. The zero-order chi connectivity index (χ0) is 63.2. The molecule has 0 aromatic carbocycles. The molecular formula is C66H128O17P2. The maximum absolute atomic E-state index is 13.0. The van der Waals surface area contributed by atoms with Gasteiger partial charge in [0.2, 0.25) is 0 Å². The van der Waals surface area contributed by atoms with Crippen molar-refractivity contribution in [3.05, 3.63) is 0 Å². The molecule has 17 nitrogen and oxygen atoms in total. The van der Waals surface area contributed by atoms with Crippen LogP contribution in [0.15, 0.2) is 0 Å². The van der Waals surface area contributed by atoms with Crippen molar-refractivity contribution in [3.8, 4) is 0 Å². The Morgan fingerprint density at radius 1 is 0.329 bits per heavy atom. The summed E-state index contributed by atoms with van der Waals surface area (Å²) < 4.78 is 68.1. The number of unbranched alkanes of at least 4 members (excludes halogenated alkanes) is 28. The SMILES string of the molecule is CCC(C)CCCCCCCCCCC(=O)OC[C@H](COP(=O)(O)OCC(O)COP(=O)(O)OC[C@@H](COC(=O)CCCCCCCCCC(C)C)OC(=O)CCCCCCCCCCCC(C)C)OC(=O)CCCCCCCCCCC(C)C. The number of carbonyl (C=O) groups excluding carboxylic acids is 4. The van der Waals surface area contributed by atoms with E-state index in [0.29, 0.717) is 31.6 Å². The summed E-state index contributed by atoms with van der Waals surface area (Å²) in [6.45, 7) is 14.0. The molecule has 0 aliphatic heterocycles. The van der Waals surface area contributed by atoms with Gasteiger partial charge >= 0.3 is 39.5 Å². The first-order valence-corrected chi connectivity index (χ1v) is 37.2. The second kappa shape index (κ2) is 56.1. The molecule has 0 rings (SSSR count). The van der Waals surface area contributed by atoms with Crippen molar-refractivity contribution in [1.29, 1.82) is 0 Å². The van der Waals surface area contributed by atoms with E-state index in [1.165, 1.54) is 116 Å². The highest BCUT2D eigenvalue weighted by molar-refractivity contribution is 7.47. The van der Waals surface area contributed by atoms with Gasteiger partial charge in [0.05, 0.1) is 26.4 Å². The molecule has 0 aliphatic rings. The normalized spacial score (nSPS) is 14.7. The summed E-state index contributed by atoms with van der Waals surface area (Å²) in [4.78, 5) is 72.3. The van der Waals surface area contributed by atoms with Gasteiger partial charge in [-0.1, -0.05) is 267 Å². The number of hydrogen-bond acceptors (Lipinski definition) is 15. The van der Waals surface area contributed by atoms with E-state index in [2.05, 4.69) is 55.4 Å². The average molecular weight is 1260 g/mol. The monoisotopic (exact) mass is 1250 g/mol. The summed E-state index contributed by atoms with van der Waals surface area (Å²) in [6, 6.07) is 0. The van der Waals surface area contributed by atoms with Gasteiger partial charge in [0.1, 0.15) is 19.3 Å². The van der Waals surface area contributed by atoms with Gasteiger partial charge in [0.25, 0.3) is 0 Å². The van der Waals surface area contributed by atoms with Crippen molar-refractivity contribution < 1.29 is 80.2 Å². The van der Waals surface area contributed by atoms with Crippen molar-refractivity contribution in [1.82, 2.24) is 0 Å². The molecule has 0 heterocycles. The molecule has 85 heavy (non-hydrogen) atoms. The van der Waals surface area contributed by atoms with Gasteiger partial charge < -0.3 is 33.8 Å². The molecule has 0 aromatic rings. The third-order valence-corrected chi connectivity index (χ3v) is 17.3. The number of ether oxygens (including phenoxy) is 4. The Labute approximate surface area is 517 Å². The van der Waals surface area contributed by atoms with Crippen LogP contribution < -0.4 is 0 Å². The standard InChI is InChI=1S/C66H128O17P2/c1-9-59(8)45-37-29-21-14-16-22-30-38-46-63(68)76-52-61(83-66(71)49-41-33-24-15-13-19-27-35-43-57(4)5)54-80-84(72,73)78-50-60(67)51-79-85(74,75)81-55-62(53-77-64(69)47-39-31-25-17-20-28-36-44-58(6)7)82-65(70)48-40-32-23-12-10-11-18-26-34-42-56(2)3/h56-62,67H,9-55H2,1-8H3,(H,72,73)(H,74,75)/t59?,60?,61-,62-/m1/s1. The molecule has 6 atom stereocenters. The molecule has 504 valence electrons. The van der Waals surface area contributed by atoms with Crippen LogP contribution in [-0.4, -0.2) is 96.7 Å². The predicted octanol–water partition coefficient (Wildman–Crippen LogP) is 18.1. The van der Waals surface area contributed by atoms with E-state index in [0.717, 1.165) is 114 Å². The summed E-state index contributed by atoms with van der Waals surface area (Å²) in [5.41, 5.74) is 0. The fourth-order valence-corrected chi connectivity index (χ4v) is 11.3. The minimum absolute atomic E-state index is 0.103. The van der Waals surface area contributed by atoms with Gasteiger partial charge in [0.15, 0.2) is 12.2 Å². The zero-order valence-electron chi connectivity index (χ0n) is 55.2. The maximum atomic E-state index is 13.0. The van der Waals surface area contributed by atoms with Crippen LogP contribution in [0.1, 0.15) is 319 Å². The van der Waals surface area contributed by atoms with Crippen molar-refractivity contribution in [2.75, 3.05) is 39.6 Å². The van der Waals surface area contributed by atoms with Crippen LogP contribution in [0.5, 0.6) is 0 Å². The van der Waals surface area contributed by atoms with Crippen LogP contribution in [0.3, 0.4) is 0 Å². The third kappa shape index (κ3) is 59.5. The molecule has 0 amide bonds. The molecule has 19 heteroatoms. The number of phosphoric ester groups is 2. The lowest BCUT2D eigenvalue weighted by Gasteiger charge is -2.21. The van der Waals surface area contributed by atoms with E-state index < -0.39 is 97.5 Å². The summed E-state index contributed by atoms with van der Waals surface area (Å²) in [5.74, 6) is 0.799. The Balaban J connectivity index is 5.26. The van der Waals surface area contributed by atoms with Crippen LogP contribution in [0.25, 0.3) is 0 Å². The average Bonchev–Trinajstić information content (AvgIpc) is 3.60. The molecule has 0 spiro atoms. The molecule has 0 saturated carbocycles. The first kappa shape index (κ1) is 83.1. The second-order valence-electron chi connectivity index (χ2n) is 25.5. The Morgan fingerprint density at radius 3 is 0.835 bits per heavy atom. The van der Waals surface area contributed by atoms with Gasteiger partial charge in [-0.2, -0.15) is 0 Å². The van der Waals surface area contributed by atoms with Crippen molar-refractivity contribution in [3.63, 3.8) is 0 Å². The first-order chi connectivity index (χ1) is 40.6. The lowest BCUT2D eigenvalue weighted by Crippen LogP contribution is -2.30. The molecule has 0 radical (unpaired) electrons. The number of hydrogen-bond donors (Lipinski definition) is 3. The summed E-state index contributed by atoms with van der Waals surface area (Å²) in [7, 11) is -9.89. The second-order valence-corrected chi connectivity index (χ2v) is 28.4. The zero-order valence-corrected chi connectivity index (χ0v) is 57.0. The summed E-state index contributed by atoms with van der Waals surface area (Å²) >= 11 is 0. The van der Waals surface area contributed by atoms with E-state index in [9.17, 15) is 43.2 Å². The van der Waals surface area contributed by atoms with E-state index in [1.807, 2.05) is 0 Å². The van der Waals surface area contributed by atoms with E-state index in [-0.39, 0.29) is 25.7 Å². The Kier molecular flexibility index (Phi) is 54.8. The molecule has 0 aliphatic carbocycles. The minimum atomic E-state index is -4.95. The Hall–Kier alpha value is -1.94. The number of carbonyl (C=O) groups is 4. The molecule has 0 fully saturated rings. The smallest absolute Gasteiger partial charge is 0.462 e. The van der Waals surface area contributed by atoms with Crippen molar-refractivity contribution in [2.24, 2.45) is 23.7 Å². The molecule has 4 unspecified atom stereocenters. The van der Waals surface area contributed by atoms with Crippen LogP contribution in [0.4, 0.5) is 0 Å². The highest BCUT2D eigenvalue weighted by atomic mass is 31.2. The molecule has 0 aromatic heterocycles. The van der Waals surface area contributed by atoms with Crippen molar-refractivity contribution in [2.45, 2.75) is 337 Å². The summed E-state index contributed by atoms with van der Waals surface area (Å²) in [6.07, 6.45) is 36.3. The van der Waals surface area contributed by atoms with Crippen LogP contribution in [0, 0.1) is 23.7 Å². The number of aliphatic hydroxyl groups is 1. The summed E-state index contributed by atoms with van der Waals surface area (Å²) in [5, 5.41) is 10.6. The maximum Gasteiger partial charge on any atom is 0.472 e. The number of esters is 4. The Morgan fingerprint density at radius 2 is 0.565 bits per heavy atom. The number of phosphoric acid groups is 2. The van der Waals surface area contributed by atoms with Crippen molar-refractivity contribution >= 4 is 39.5 Å². The van der Waals surface area contributed by atoms with E-state index in [1.54, 1.807) is 0 Å². The highest BCUT2D eigenvalue weighted by Gasteiger charge is 2.30. The topological polar surface area (TPSA) is 237 Å². The fraction of sp³-hybridized carbons (Fsp3) is 0.939. The van der Waals surface area contributed by atoms with Crippen LogP contribution in [-0.2, 0) is 65.4 Å². The van der Waals surface area contributed by atoms with Gasteiger partial charge in [0, 0.05) is 25.7 Å². The van der Waals surface area contributed by atoms with Crippen LogP contribution in [0.2, 0.25) is 0 Å². The third-order valence-electron chi connectivity index (χ3n) is 15.4. The lowest BCUT2D eigenvalue weighted by atomic mass is 9.99. The van der Waals surface area contributed by atoms with E-state index in [4.69, 9.17) is 37.0 Å². The van der Waals surface area contributed by atoms with E-state index >= 15 is 0 Å². The molecule has 0 bridgehead atoms. The molecular weight excluding hydrogens is 1130 g/mol. The van der Waals surface area contributed by atoms with Gasteiger partial charge in [-0.15, -0.1) is 0 Å². The van der Waals surface area contributed by atoms with Gasteiger partial charge in [-0.05, 0) is 49.4 Å². The van der Waals surface area contributed by atoms with Crippen LogP contribution >= 0.6 is 15.6 Å².